The Morgan fingerprint density at radius 1 is 1.60 bits per heavy atom. The Labute approximate surface area is 91.3 Å². The van der Waals surface area contributed by atoms with Crippen LogP contribution in [0.4, 0.5) is 0 Å². The minimum atomic E-state index is 0.581. The van der Waals surface area contributed by atoms with Gasteiger partial charge in [0, 0.05) is 31.9 Å². The van der Waals surface area contributed by atoms with E-state index in [0.717, 1.165) is 26.2 Å². The monoisotopic (exact) mass is 208 g/mol. The summed E-state index contributed by atoms with van der Waals surface area (Å²) in [6.45, 7) is 8.44. The van der Waals surface area contributed by atoms with E-state index in [-0.39, 0.29) is 0 Å². The van der Waals surface area contributed by atoms with E-state index in [2.05, 4.69) is 40.7 Å². The third kappa shape index (κ3) is 2.21. The standard InChI is InChI=1S/C11H20N4/c1-9(2)14(3)8-10-6-13-11-7-12-4-5-15(10)11/h6,9,12H,4-5,7-8H2,1-3H3. The SMILES string of the molecule is CC(C)N(C)Cc1cnc2n1CCNC2. The van der Waals surface area contributed by atoms with E-state index in [4.69, 9.17) is 0 Å². The van der Waals surface area contributed by atoms with Crippen LogP contribution in [0, 0.1) is 0 Å². The Bertz CT molecular complexity index is 329. The Kier molecular flexibility index (Phi) is 3.07. The topological polar surface area (TPSA) is 33.1 Å². The molecule has 4 nitrogen and oxygen atoms in total. The molecule has 0 fully saturated rings. The number of hydrogen-bond donors (Lipinski definition) is 1. The summed E-state index contributed by atoms with van der Waals surface area (Å²) in [5.41, 5.74) is 1.34. The van der Waals surface area contributed by atoms with Crippen molar-refractivity contribution < 1.29 is 0 Å². The van der Waals surface area contributed by atoms with Crippen molar-refractivity contribution in [2.24, 2.45) is 0 Å². The molecule has 2 heterocycles. The van der Waals surface area contributed by atoms with Crippen molar-refractivity contribution in [3.8, 4) is 0 Å². The highest BCUT2D eigenvalue weighted by atomic mass is 15.2. The fraction of sp³-hybridized carbons (Fsp3) is 0.727. The van der Waals surface area contributed by atoms with Gasteiger partial charge in [-0.1, -0.05) is 0 Å². The fourth-order valence-electron chi connectivity index (χ4n) is 1.82. The van der Waals surface area contributed by atoms with Gasteiger partial charge in [0.1, 0.15) is 5.82 Å². The van der Waals surface area contributed by atoms with E-state index >= 15 is 0 Å². The predicted octanol–water partition coefficient (Wildman–Crippen LogP) is 0.827. The highest BCUT2D eigenvalue weighted by Crippen LogP contribution is 2.11. The van der Waals surface area contributed by atoms with Crippen molar-refractivity contribution in [1.82, 2.24) is 19.8 Å². The molecule has 0 saturated heterocycles. The van der Waals surface area contributed by atoms with E-state index in [9.17, 15) is 0 Å². The molecule has 1 aromatic heterocycles. The van der Waals surface area contributed by atoms with Crippen molar-refractivity contribution in [1.29, 1.82) is 0 Å². The van der Waals surface area contributed by atoms with Gasteiger partial charge in [-0.25, -0.2) is 4.98 Å². The Morgan fingerprint density at radius 2 is 2.40 bits per heavy atom. The van der Waals surface area contributed by atoms with Crippen LogP contribution >= 0.6 is 0 Å². The van der Waals surface area contributed by atoms with Gasteiger partial charge in [-0.3, -0.25) is 4.90 Å². The van der Waals surface area contributed by atoms with Gasteiger partial charge in [0.15, 0.2) is 0 Å². The van der Waals surface area contributed by atoms with E-state index in [0.29, 0.717) is 6.04 Å². The lowest BCUT2D eigenvalue weighted by Crippen LogP contribution is -2.31. The van der Waals surface area contributed by atoms with E-state index in [1.54, 1.807) is 0 Å². The molecule has 0 radical (unpaired) electrons. The van der Waals surface area contributed by atoms with Crippen LogP contribution in [-0.4, -0.2) is 34.1 Å². The summed E-state index contributed by atoms with van der Waals surface area (Å²) in [5, 5.41) is 3.33. The maximum atomic E-state index is 4.44. The van der Waals surface area contributed by atoms with Crippen molar-refractivity contribution in [3.05, 3.63) is 17.7 Å². The normalized spacial score (nSPS) is 16.1. The Balaban J connectivity index is 2.11. The summed E-state index contributed by atoms with van der Waals surface area (Å²) in [5.74, 6) is 1.17. The lowest BCUT2D eigenvalue weighted by molar-refractivity contribution is 0.257. The molecule has 15 heavy (non-hydrogen) atoms. The van der Waals surface area contributed by atoms with E-state index in [1.165, 1.54) is 11.5 Å². The third-order valence-electron chi connectivity index (χ3n) is 3.11. The number of fused-ring (bicyclic) bond motifs is 1. The number of aromatic nitrogens is 2. The smallest absolute Gasteiger partial charge is 0.122 e. The summed E-state index contributed by atoms with van der Waals surface area (Å²) in [6.07, 6.45) is 2.02. The predicted molar refractivity (Wildman–Crippen MR) is 60.5 cm³/mol. The first-order valence-electron chi connectivity index (χ1n) is 5.62. The highest BCUT2D eigenvalue weighted by Gasteiger charge is 2.15. The molecular formula is C11H20N4. The molecule has 1 aliphatic heterocycles. The molecule has 0 aromatic carbocycles. The molecule has 2 rings (SSSR count). The average Bonchev–Trinajstić information content (AvgIpc) is 2.62. The molecule has 0 saturated carbocycles. The minimum absolute atomic E-state index is 0.581. The quantitative estimate of drug-likeness (QED) is 0.798. The van der Waals surface area contributed by atoms with E-state index in [1.807, 2.05) is 6.20 Å². The summed E-state index contributed by atoms with van der Waals surface area (Å²) >= 11 is 0. The first kappa shape index (κ1) is 10.6. The average molecular weight is 208 g/mol. The first-order valence-corrected chi connectivity index (χ1v) is 5.62. The molecule has 0 unspecified atom stereocenters. The molecular weight excluding hydrogens is 188 g/mol. The number of rotatable bonds is 3. The zero-order valence-electron chi connectivity index (χ0n) is 9.82. The van der Waals surface area contributed by atoms with Crippen LogP contribution in [0.2, 0.25) is 0 Å². The largest absolute Gasteiger partial charge is 0.328 e. The number of hydrogen-bond acceptors (Lipinski definition) is 3. The summed E-state index contributed by atoms with van der Waals surface area (Å²) < 4.78 is 2.34. The molecule has 0 amide bonds. The second kappa shape index (κ2) is 4.33. The number of nitrogens with zero attached hydrogens (tertiary/aromatic N) is 3. The molecule has 1 aliphatic rings. The summed E-state index contributed by atoms with van der Waals surface area (Å²) in [7, 11) is 2.16. The van der Waals surface area contributed by atoms with Crippen LogP contribution in [0.3, 0.4) is 0 Å². The van der Waals surface area contributed by atoms with Gasteiger partial charge in [0.2, 0.25) is 0 Å². The van der Waals surface area contributed by atoms with Crippen molar-refractivity contribution in [3.63, 3.8) is 0 Å². The van der Waals surface area contributed by atoms with Crippen molar-refractivity contribution in [2.75, 3.05) is 13.6 Å². The number of nitrogens with one attached hydrogen (secondary N) is 1. The maximum Gasteiger partial charge on any atom is 0.122 e. The number of imidazole rings is 1. The minimum Gasteiger partial charge on any atom is -0.328 e. The van der Waals surface area contributed by atoms with Crippen LogP contribution in [0.15, 0.2) is 6.20 Å². The molecule has 1 N–H and O–H groups in total. The zero-order valence-corrected chi connectivity index (χ0v) is 9.82. The van der Waals surface area contributed by atoms with Gasteiger partial charge in [-0.05, 0) is 20.9 Å². The maximum absolute atomic E-state index is 4.44. The Hall–Kier alpha value is -0.870. The van der Waals surface area contributed by atoms with Crippen LogP contribution in [0.1, 0.15) is 25.4 Å². The highest BCUT2D eigenvalue weighted by molar-refractivity contribution is 5.07. The summed E-state index contributed by atoms with van der Waals surface area (Å²) in [4.78, 5) is 6.78. The molecule has 0 spiro atoms. The molecule has 84 valence electrons. The second-order valence-electron chi connectivity index (χ2n) is 4.50. The fourth-order valence-corrected chi connectivity index (χ4v) is 1.82. The molecule has 0 atom stereocenters. The van der Waals surface area contributed by atoms with Gasteiger partial charge in [0.05, 0.1) is 12.2 Å². The van der Waals surface area contributed by atoms with Crippen LogP contribution in [-0.2, 0) is 19.6 Å². The lowest BCUT2D eigenvalue weighted by Gasteiger charge is -2.23. The molecule has 0 bridgehead atoms. The molecule has 4 heteroatoms. The van der Waals surface area contributed by atoms with Crippen molar-refractivity contribution >= 4 is 0 Å². The second-order valence-corrected chi connectivity index (χ2v) is 4.50. The zero-order chi connectivity index (χ0) is 10.8. The van der Waals surface area contributed by atoms with Crippen LogP contribution in [0.5, 0.6) is 0 Å². The van der Waals surface area contributed by atoms with Gasteiger partial charge >= 0.3 is 0 Å². The van der Waals surface area contributed by atoms with Crippen LogP contribution in [0.25, 0.3) is 0 Å². The van der Waals surface area contributed by atoms with Gasteiger partial charge < -0.3 is 9.88 Å². The first-order chi connectivity index (χ1) is 7.18. The molecule has 1 aromatic rings. The lowest BCUT2D eigenvalue weighted by atomic mass is 10.3. The molecule has 0 aliphatic carbocycles. The van der Waals surface area contributed by atoms with Gasteiger partial charge in [-0.2, -0.15) is 0 Å². The Morgan fingerprint density at radius 3 is 3.13 bits per heavy atom. The van der Waals surface area contributed by atoms with Crippen LogP contribution < -0.4 is 5.32 Å². The third-order valence-corrected chi connectivity index (χ3v) is 3.11. The van der Waals surface area contributed by atoms with Gasteiger partial charge in [-0.15, -0.1) is 0 Å². The van der Waals surface area contributed by atoms with Gasteiger partial charge in [0.25, 0.3) is 0 Å². The van der Waals surface area contributed by atoms with Crippen molar-refractivity contribution in [2.45, 2.75) is 39.5 Å². The van der Waals surface area contributed by atoms with E-state index < -0.39 is 0 Å². The summed E-state index contributed by atoms with van der Waals surface area (Å²) in [6, 6.07) is 0.581.